The number of halogens is 6. The molecule has 0 bridgehead atoms. The van der Waals surface area contributed by atoms with E-state index in [1.807, 2.05) is 18.2 Å². The van der Waals surface area contributed by atoms with Gasteiger partial charge in [-0.15, -0.1) is 0 Å². The van der Waals surface area contributed by atoms with Crippen molar-refractivity contribution in [1.29, 1.82) is 0 Å². The molecule has 176 valence electrons. The first-order chi connectivity index (χ1) is 16.2. The molecule has 2 aromatic heterocycles. The molecule has 13 heteroatoms. The van der Waals surface area contributed by atoms with Crippen LogP contribution in [0.25, 0.3) is 0 Å². The largest absolute Gasteiger partial charge is 0.316 e. The zero-order valence-corrected chi connectivity index (χ0v) is 18.6. The number of hydrogen-bond acceptors (Lipinski definition) is 3. The van der Waals surface area contributed by atoms with Crippen molar-refractivity contribution in [2.75, 3.05) is 10.6 Å². The molecule has 4 aromatic rings. The van der Waals surface area contributed by atoms with Crippen LogP contribution >= 0.6 is 23.8 Å². The van der Waals surface area contributed by atoms with E-state index >= 15 is 0 Å². The molecule has 6 nitrogen and oxygen atoms in total. The van der Waals surface area contributed by atoms with Gasteiger partial charge in [-0.1, -0.05) is 29.8 Å². The molecule has 0 amide bonds. The molecular weight excluding hydrogens is 499 g/mol. The van der Waals surface area contributed by atoms with Crippen molar-refractivity contribution < 1.29 is 22.0 Å². The smallest absolute Gasteiger partial charge is 0.200 e. The van der Waals surface area contributed by atoms with Gasteiger partial charge in [-0.05, 0) is 23.8 Å². The third-order valence-electron chi connectivity index (χ3n) is 4.68. The minimum atomic E-state index is -2.22. The van der Waals surface area contributed by atoms with E-state index in [9.17, 15) is 22.0 Å². The van der Waals surface area contributed by atoms with Crippen LogP contribution in [-0.2, 0) is 13.1 Å². The summed E-state index contributed by atoms with van der Waals surface area (Å²) >= 11 is 11.4. The lowest BCUT2D eigenvalue weighted by Gasteiger charge is -2.09. The number of benzene rings is 2. The number of aromatic nitrogens is 4. The average molecular weight is 513 g/mol. The Balaban J connectivity index is 1.38. The fourth-order valence-corrected chi connectivity index (χ4v) is 3.45. The molecule has 0 saturated carbocycles. The van der Waals surface area contributed by atoms with Crippen LogP contribution in [0.2, 0.25) is 5.02 Å². The Morgan fingerprint density at radius 1 is 0.765 bits per heavy atom. The summed E-state index contributed by atoms with van der Waals surface area (Å²) in [6.45, 7) is -0.232. The van der Waals surface area contributed by atoms with Crippen LogP contribution in [0.15, 0.2) is 48.8 Å². The third-order valence-corrected chi connectivity index (χ3v) is 5.25. The van der Waals surface area contributed by atoms with Crippen molar-refractivity contribution >= 4 is 40.6 Å². The van der Waals surface area contributed by atoms with Crippen LogP contribution < -0.4 is 10.6 Å². The SMILES string of the molecule is Fc1c(F)c(F)c(Cn2ccc(NC(=S)Nc3ccn(Cc4ccccc4Cl)n3)n2)c(F)c1F. The second kappa shape index (κ2) is 9.77. The van der Waals surface area contributed by atoms with Crippen LogP contribution in [0.4, 0.5) is 33.6 Å². The molecule has 0 saturated heterocycles. The molecule has 34 heavy (non-hydrogen) atoms. The number of nitrogens with one attached hydrogen (secondary N) is 2. The lowest BCUT2D eigenvalue weighted by Crippen LogP contribution is -2.20. The Hall–Kier alpha value is -3.51. The molecule has 2 N–H and O–H groups in total. The molecule has 0 radical (unpaired) electrons. The molecular formula is C21H14ClF5N6S. The molecule has 4 rings (SSSR count). The van der Waals surface area contributed by atoms with E-state index in [2.05, 4.69) is 20.8 Å². The van der Waals surface area contributed by atoms with Crippen molar-refractivity contribution in [3.8, 4) is 0 Å². The predicted molar refractivity (Wildman–Crippen MR) is 120 cm³/mol. The summed E-state index contributed by atoms with van der Waals surface area (Å²) in [4.78, 5) is 0. The van der Waals surface area contributed by atoms with Gasteiger partial charge in [0, 0.05) is 29.5 Å². The van der Waals surface area contributed by atoms with E-state index in [0.717, 1.165) is 10.2 Å². The van der Waals surface area contributed by atoms with Gasteiger partial charge in [-0.25, -0.2) is 22.0 Å². The van der Waals surface area contributed by atoms with Crippen molar-refractivity contribution in [2.24, 2.45) is 0 Å². The maximum Gasteiger partial charge on any atom is 0.200 e. The summed E-state index contributed by atoms with van der Waals surface area (Å²) in [5, 5.41) is 14.7. The summed E-state index contributed by atoms with van der Waals surface area (Å²) in [6.07, 6.45) is 3.02. The third kappa shape index (κ3) is 5.02. The molecule has 0 unspecified atom stereocenters. The van der Waals surface area contributed by atoms with E-state index in [1.165, 1.54) is 12.3 Å². The first-order valence-corrected chi connectivity index (χ1v) is 10.4. The molecule has 0 atom stereocenters. The van der Waals surface area contributed by atoms with Crippen LogP contribution in [0.1, 0.15) is 11.1 Å². The molecule has 0 fully saturated rings. The van der Waals surface area contributed by atoms with Gasteiger partial charge in [-0.2, -0.15) is 10.2 Å². The van der Waals surface area contributed by atoms with Crippen molar-refractivity contribution in [1.82, 2.24) is 19.6 Å². The van der Waals surface area contributed by atoms with Gasteiger partial charge in [0.2, 0.25) is 5.82 Å². The molecule has 0 spiro atoms. The number of nitrogens with zero attached hydrogens (tertiary/aromatic N) is 4. The first-order valence-electron chi connectivity index (χ1n) is 9.61. The zero-order valence-electron chi connectivity index (χ0n) is 17.0. The van der Waals surface area contributed by atoms with Gasteiger partial charge < -0.3 is 10.6 Å². The Morgan fingerprint density at radius 3 is 1.82 bits per heavy atom. The van der Waals surface area contributed by atoms with Crippen LogP contribution in [-0.4, -0.2) is 24.7 Å². The number of thiocarbonyl (C=S) groups is 1. The summed E-state index contributed by atoms with van der Waals surface area (Å²) < 4.78 is 70.4. The summed E-state index contributed by atoms with van der Waals surface area (Å²) in [5.74, 6) is -9.45. The standard InChI is InChI=1S/C21H14ClF5N6S/c22-13-4-2-1-3-11(13)9-32-7-5-14(30-32)28-21(34)29-15-6-8-33(31-15)10-12-16(23)18(25)20(27)19(26)17(12)24/h1-8H,9-10H2,(H2,28,29,30,31,34). The van der Waals surface area contributed by atoms with E-state index in [1.54, 1.807) is 23.0 Å². The fourth-order valence-electron chi connectivity index (χ4n) is 3.05. The highest BCUT2D eigenvalue weighted by Crippen LogP contribution is 2.24. The minimum absolute atomic E-state index is 0.115. The van der Waals surface area contributed by atoms with Gasteiger partial charge in [0.25, 0.3) is 0 Å². The maximum absolute atomic E-state index is 13.9. The van der Waals surface area contributed by atoms with Gasteiger partial charge in [0.05, 0.1) is 18.7 Å². The lowest BCUT2D eigenvalue weighted by molar-refractivity contribution is 0.367. The lowest BCUT2D eigenvalue weighted by atomic mass is 10.1. The second-order valence-electron chi connectivity index (χ2n) is 7.02. The molecule has 0 aliphatic rings. The maximum atomic E-state index is 13.9. The van der Waals surface area contributed by atoms with E-state index < -0.39 is 41.2 Å². The predicted octanol–water partition coefficient (Wildman–Crippen LogP) is 5.33. The average Bonchev–Trinajstić information content (AvgIpc) is 3.44. The van der Waals surface area contributed by atoms with E-state index in [4.69, 9.17) is 23.8 Å². The Morgan fingerprint density at radius 2 is 1.26 bits per heavy atom. The quantitative estimate of drug-likeness (QED) is 0.158. The van der Waals surface area contributed by atoms with Crippen molar-refractivity contribution in [3.05, 3.63) is 94.0 Å². The number of hydrogen-bond donors (Lipinski definition) is 2. The molecule has 0 aliphatic carbocycles. The summed E-state index contributed by atoms with van der Waals surface area (Å²) in [7, 11) is 0. The minimum Gasteiger partial charge on any atom is -0.316 e. The van der Waals surface area contributed by atoms with E-state index in [0.29, 0.717) is 17.4 Å². The van der Waals surface area contributed by atoms with Gasteiger partial charge in [0.15, 0.2) is 40.0 Å². The topological polar surface area (TPSA) is 59.7 Å². The van der Waals surface area contributed by atoms with Gasteiger partial charge in [0.1, 0.15) is 0 Å². The van der Waals surface area contributed by atoms with Crippen molar-refractivity contribution in [3.63, 3.8) is 0 Å². The first kappa shape index (κ1) is 23.6. The van der Waals surface area contributed by atoms with Crippen molar-refractivity contribution in [2.45, 2.75) is 13.1 Å². The Labute approximate surface area is 200 Å². The Bertz CT molecular complexity index is 1340. The van der Waals surface area contributed by atoms with E-state index in [-0.39, 0.29) is 10.9 Å². The summed E-state index contributed by atoms with van der Waals surface area (Å²) in [5.41, 5.74) is -0.116. The van der Waals surface area contributed by atoms with Crippen LogP contribution in [0.3, 0.4) is 0 Å². The highest BCUT2D eigenvalue weighted by Gasteiger charge is 2.25. The summed E-state index contributed by atoms with van der Waals surface area (Å²) in [6, 6.07) is 10.5. The Kier molecular flexibility index (Phi) is 6.80. The van der Waals surface area contributed by atoms with Crippen LogP contribution in [0.5, 0.6) is 0 Å². The normalized spacial score (nSPS) is 11.0. The van der Waals surface area contributed by atoms with Crippen LogP contribution in [0, 0.1) is 29.1 Å². The fraction of sp³-hybridized carbons (Fsp3) is 0.0952. The molecule has 0 aliphatic heterocycles. The highest BCUT2D eigenvalue weighted by atomic mass is 35.5. The van der Waals surface area contributed by atoms with Gasteiger partial charge >= 0.3 is 0 Å². The molecule has 2 heterocycles. The monoisotopic (exact) mass is 512 g/mol. The molecule has 2 aromatic carbocycles. The second-order valence-corrected chi connectivity index (χ2v) is 7.83. The zero-order chi connectivity index (χ0) is 24.4. The number of anilines is 2. The number of rotatable bonds is 6. The highest BCUT2D eigenvalue weighted by molar-refractivity contribution is 7.80. The van der Waals surface area contributed by atoms with Gasteiger partial charge in [-0.3, -0.25) is 9.36 Å².